The first-order valence-electron chi connectivity index (χ1n) is 6.38. The van der Waals surface area contributed by atoms with Crippen LogP contribution in [0.3, 0.4) is 0 Å². The third kappa shape index (κ3) is 2.78. The van der Waals surface area contributed by atoms with Crippen LogP contribution in [0.5, 0.6) is 0 Å². The molecule has 3 aromatic heterocycles. The molecule has 0 spiro atoms. The van der Waals surface area contributed by atoms with E-state index in [1.807, 2.05) is 30.8 Å². The smallest absolute Gasteiger partial charge is 0.268 e. The van der Waals surface area contributed by atoms with Gasteiger partial charge in [-0.1, -0.05) is 0 Å². The Balaban J connectivity index is 1.58. The van der Waals surface area contributed by atoms with E-state index in [4.69, 9.17) is 0 Å². The topological polar surface area (TPSA) is 75.6 Å². The first-order chi connectivity index (χ1) is 9.72. The zero-order chi connectivity index (χ0) is 13.9. The molecular weight excluding hydrogens is 274 g/mol. The van der Waals surface area contributed by atoms with Crippen LogP contribution in [0.15, 0.2) is 28.5 Å². The minimum atomic E-state index is -0.0634. The third-order valence-electron chi connectivity index (χ3n) is 2.98. The summed E-state index contributed by atoms with van der Waals surface area (Å²) in [5, 5.41) is 9.45. The molecule has 6 nitrogen and oxygen atoms in total. The summed E-state index contributed by atoms with van der Waals surface area (Å²) in [6, 6.07) is 3.87. The second-order valence-corrected chi connectivity index (χ2v) is 5.47. The predicted molar refractivity (Wildman–Crippen MR) is 78.9 cm³/mol. The van der Waals surface area contributed by atoms with Gasteiger partial charge < -0.3 is 10.3 Å². The van der Waals surface area contributed by atoms with Crippen molar-refractivity contribution >= 4 is 21.6 Å². The van der Waals surface area contributed by atoms with E-state index in [1.54, 1.807) is 4.68 Å². The lowest BCUT2D eigenvalue weighted by molar-refractivity contribution is 0.645. The molecule has 2 N–H and O–H groups in total. The largest absolute Gasteiger partial charge is 0.310 e. The van der Waals surface area contributed by atoms with Gasteiger partial charge >= 0.3 is 0 Å². The average molecular weight is 289 g/mol. The number of aryl methyl sites for hydroxylation is 1. The first-order valence-corrected chi connectivity index (χ1v) is 7.26. The van der Waals surface area contributed by atoms with Crippen LogP contribution in [-0.2, 0) is 20.0 Å². The number of nitrogens with zero attached hydrogens (tertiary/aromatic N) is 3. The van der Waals surface area contributed by atoms with Crippen molar-refractivity contribution in [1.82, 2.24) is 25.1 Å². The summed E-state index contributed by atoms with van der Waals surface area (Å²) >= 11 is 1.41. The Morgan fingerprint density at radius 2 is 2.35 bits per heavy atom. The maximum absolute atomic E-state index is 11.8. The highest BCUT2D eigenvalue weighted by molar-refractivity contribution is 7.17. The van der Waals surface area contributed by atoms with Crippen molar-refractivity contribution in [3.05, 3.63) is 45.6 Å². The van der Waals surface area contributed by atoms with Crippen LogP contribution in [0.25, 0.3) is 10.2 Å². The molecule has 0 aliphatic heterocycles. The van der Waals surface area contributed by atoms with Gasteiger partial charge in [-0.05, 0) is 17.5 Å². The number of H-pyrrole nitrogens is 1. The van der Waals surface area contributed by atoms with Crippen LogP contribution < -0.4 is 10.9 Å². The number of fused-ring (bicyclic) bond motifs is 1. The Labute approximate surface area is 119 Å². The van der Waals surface area contributed by atoms with Crippen molar-refractivity contribution in [3.63, 3.8) is 0 Å². The van der Waals surface area contributed by atoms with E-state index in [0.29, 0.717) is 17.1 Å². The fraction of sp³-hybridized carbons (Fsp3) is 0.308. The Kier molecular flexibility index (Phi) is 3.62. The number of thiophene rings is 1. The van der Waals surface area contributed by atoms with Gasteiger partial charge in [0.15, 0.2) is 0 Å². The van der Waals surface area contributed by atoms with Crippen LogP contribution >= 0.6 is 11.3 Å². The molecule has 0 radical (unpaired) electrons. The molecular formula is C13H15N5OS. The lowest BCUT2D eigenvalue weighted by atomic mass is 10.3. The summed E-state index contributed by atoms with van der Waals surface area (Å²) in [7, 11) is 1.90. The zero-order valence-electron chi connectivity index (χ0n) is 11.1. The lowest BCUT2D eigenvalue weighted by Crippen LogP contribution is -2.21. The number of rotatable bonds is 5. The molecule has 0 unspecified atom stereocenters. The number of aromatic nitrogens is 4. The Hall–Kier alpha value is -1.99. The highest BCUT2D eigenvalue weighted by Gasteiger charge is 2.04. The molecule has 0 atom stereocenters. The highest BCUT2D eigenvalue weighted by atomic mass is 32.1. The van der Waals surface area contributed by atoms with Gasteiger partial charge in [-0.25, -0.2) is 4.98 Å². The van der Waals surface area contributed by atoms with Crippen LogP contribution in [0.1, 0.15) is 11.5 Å². The summed E-state index contributed by atoms with van der Waals surface area (Å²) in [4.78, 5) is 19.0. The molecule has 3 aromatic rings. The standard InChI is InChI=1S/C13H15N5OS/c1-18-6-3-9(17-18)2-5-14-8-11-15-10-4-7-20-12(10)13(19)16-11/h3-4,6-7,14H,2,5,8H2,1H3,(H,15,16,19). The molecule has 0 saturated heterocycles. The van der Waals surface area contributed by atoms with Crippen molar-refractivity contribution in [2.24, 2.45) is 7.05 Å². The molecule has 20 heavy (non-hydrogen) atoms. The molecule has 0 aliphatic carbocycles. The van der Waals surface area contributed by atoms with E-state index in [-0.39, 0.29) is 5.56 Å². The van der Waals surface area contributed by atoms with E-state index >= 15 is 0 Å². The predicted octanol–water partition coefficient (Wildman–Crippen LogP) is 1.05. The Morgan fingerprint density at radius 1 is 1.45 bits per heavy atom. The maximum atomic E-state index is 11.8. The number of aromatic amines is 1. The quantitative estimate of drug-likeness (QED) is 0.688. The third-order valence-corrected chi connectivity index (χ3v) is 3.89. The fourth-order valence-electron chi connectivity index (χ4n) is 2.03. The van der Waals surface area contributed by atoms with E-state index in [1.165, 1.54) is 11.3 Å². The van der Waals surface area contributed by atoms with Gasteiger partial charge in [-0.3, -0.25) is 9.48 Å². The van der Waals surface area contributed by atoms with Crippen LogP contribution in [0.2, 0.25) is 0 Å². The van der Waals surface area contributed by atoms with Crippen molar-refractivity contribution in [1.29, 1.82) is 0 Å². The second kappa shape index (κ2) is 5.56. The molecule has 0 amide bonds. The summed E-state index contributed by atoms with van der Waals surface area (Å²) in [5.74, 6) is 0.668. The summed E-state index contributed by atoms with van der Waals surface area (Å²) < 4.78 is 2.47. The average Bonchev–Trinajstić information content (AvgIpc) is 3.04. The Morgan fingerprint density at radius 3 is 3.15 bits per heavy atom. The highest BCUT2D eigenvalue weighted by Crippen LogP contribution is 2.13. The van der Waals surface area contributed by atoms with Gasteiger partial charge in [0.2, 0.25) is 0 Å². The Bertz CT molecular complexity index is 772. The molecule has 3 heterocycles. The van der Waals surface area contributed by atoms with Gasteiger partial charge in [0.05, 0.1) is 17.8 Å². The van der Waals surface area contributed by atoms with Crippen LogP contribution in [-0.4, -0.2) is 26.3 Å². The molecule has 3 rings (SSSR count). The van der Waals surface area contributed by atoms with Crippen molar-refractivity contribution in [2.45, 2.75) is 13.0 Å². The van der Waals surface area contributed by atoms with Crippen molar-refractivity contribution in [3.8, 4) is 0 Å². The van der Waals surface area contributed by atoms with Crippen molar-refractivity contribution < 1.29 is 0 Å². The molecule has 0 fully saturated rings. The number of hydrogen-bond donors (Lipinski definition) is 2. The van der Waals surface area contributed by atoms with Gasteiger partial charge in [-0.2, -0.15) is 5.10 Å². The van der Waals surface area contributed by atoms with E-state index in [0.717, 1.165) is 24.2 Å². The molecule has 104 valence electrons. The second-order valence-electron chi connectivity index (χ2n) is 4.56. The van der Waals surface area contributed by atoms with Gasteiger partial charge in [0.25, 0.3) is 5.56 Å². The first kappa shape index (κ1) is 13.0. The minimum Gasteiger partial charge on any atom is -0.310 e. The van der Waals surface area contributed by atoms with Crippen LogP contribution in [0, 0.1) is 0 Å². The molecule has 0 saturated carbocycles. The molecule has 7 heteroatoms. The lowest BCUT2D eigenvalue weighted by Gasteiger charge is -2.03. The van der Waals surface area contributed by atoms with Gasteiger partial charge in [-0.15, -0.1) is 11.3 Å². The van der Waals surface area contributed by atoms with Crippen LogP contribution in [0.4, 0.5) is 0 Å². The van der Waals surface area contributed by atoms with Gasteiger partial charge in [0.1, 0.15) is 10.5 Å². The van der Waals surface area contributed by atoms with E-state index in [9.17, 15) is 4.79 Å². The van der Waals surface area contributed by atoms with E-state index in [2.05, 4.69) is 20.4 Å². The molecule has 0 bridgehead atoms. The summed E-state index contributed by atoms with van der Waals surface area (Å²) in [6.07, 6.45) is 2.78. The summed E-state index contributed by atoms with van der Waals surface area (Å²) in [5.41, 5.74) is 1.75. The van der Waals surface area contributed by atoms with Crippen molar-refractivity contribution in [2.75, 3.05) is 6.54 Å². The van der Waals surface area contributed by atoms with E-state index < -0.39 is 0 Å². The fourth-order valence-corrected chi connectivity index (χ4v) is 2.75. The zero-order valence-corrected chi connectivity index (χ0v) is 11.9. The minimum absolute atomic E-state index is 0.0634. The number of hydrogen-bond acceptors (Lipinski definition) is 5. The number of nitrogens with one attached hydrogen (secondary N) is 2. The normalized spacial score (nSPS) is 11.2. The molecule has 0 aromatic carbocycles. The van der Waals surface area contributed by atoms with Gasteiger partial charge in [0, 0.05) is 26.2 Å². The SMILES string of the molecule is Cn1ccc(CCNCc2nc3ccsc3c(=O)[nH]2)n1. The maximum Gasteiger partial charge on any atom is 0.268 e. The molecule has 0 aliphatic rings. The summed E-state index contributed by atoms with van der Waals surface area (Å²) in [6.45, 7) is 1.34. The monoisotopic (exact) mass is 289 g/mol.